The average Bonchev–Trinajstić information content (AvgIpc) is 2.75. The van der Waals surface area contributed by atoms with Crippen LogP contribution in [0, 0.1) is 0 Å². The molecule has 2 saturated heterocycles. The van der Waals surface area contributed by atoms with Crippen LogP contribution in [0.5, 0.6) is 0 Å². The molecule has 12 unspecified atom stereocenters. The largest absolute Gasteiger partial charge is 0.394 e. The van der Waals surface area contributed by atoms with E-state index in [0.717, 1.165) is 103 Å². The van der Waals surface area contributed by atoms with E-state index in [2.05, 4.69) is 165 Å². The van der Waals surface area contributed by atoms with Gasteiger partial charge in [0.15, 0.2) is 12.6 Å². The Morgan fingerprint density at radius 3 is 1.24 bits per heavy atom. The summed E-state index contributed by atoms with van der Waals surface area (Å²) < 4.78 is 22.8. The molecule has 12 atom stereocenters. The maximum atomic E-state index is 13.3. The molecule has 0 aromatic heterocycles. The lowest BCUT2D eigenvalue weighted by Gasteiger charge is -2.46. The fourth-order valence-corrected chi connectivity index (χ4v) is 10.00. The number of allylic oxidation sites excluding steroid dienone is 25. The third-order valence-corrected chi connectivity index (χ3v) is 15.4. The van der Waals surface area contributed by atoms with Crippen molar-refractivity contribution in [3.05, 3.63) is 158 Å². The predicted molar refractivity (Wildman–Crippen MR) is 364 cm³/mol. The molecule has 9 N–H and O–H groups in total. The third kappa shape index (κ3) is 41.7. The molecule has 89 heavy (non-hydrogen) atoms. The van der Waals surface area contributed by atoms with Crippen LogP contribution in [-0.4, -0.2) is 140 Å². The molecule has 504 valence electrons. The van der Waals surface area contributed by atoms with Gasteiger partial charge in [-0.1, -0.05) is 242 Å². The van der Waals surface area contributed by atoms with Crippen molar-refractivity contribution in [2.75, 3.05) is 19.8 Å². The molecule has 2 aliphatic rings. The van der Waals surface area contributed by atoms with Crippen molar-refractivity contribution >= 4 is 5.91 Å². The minimum Gasteiger partial charge on any atom is -0.394 e. The van der Waals surface area contributed by atoms with Gasteiger partial charge in [0.25, 0.3) is 0 Å². The number of unbranched alkanes of at least 4 members (excludes halogenated alkanes) is 16. The Balaban J connectivity index is 1.76. The summed E-state index contributed by atoms with van der Waals surface area (Å²) in [6.45, 7) is 2.62. The molecule has 14 nitrogen and oxygen atoms in total. The number of rotatable bonds is 53. The number of carbonyl (C=O) groups is 1. The molecule has 1 amide bonds. The Kier molecular flexibility index (Phi) is 52.1. The van der Waals surface area contributed by atoms with E-state index in [4.69, 9.17) is 18.9 Å². The summed E-state index contributed by atoms with van der Waals surface area (Å²) in [7, 11) is 0. The van der Waals surface area contributed by atoms with E-state index in [0.29, 0.717) is 12.8 Å². The molecular formula is C75H121NO13. The minimum absolute atomic E-state index is 0.203. The van der Waals surface area contributed by atoms with Crippen molar-refractivity contribution < 1.29 is 64.6 Å². The van der Waals surface area contributed by atoms with Crippen molar-refractivity contribution in [2.24, 2.45) is 0 Å². The smallest absolute Gasteiger partial charge is 0.220 e. The summed E-state index contributed by atoms with van der Waals surface area (Å²) >= 11 is 0. The molecule has 2 fully saturated rings. The molecule has 0 aromatic rings. The number of aliphatic hydroxyl groups is 8. The van der Waals surface area contributed by atoms with E-state index in [-0.39, 0.29) is 18.9 Å². The summed E-state index contributed by atoms with van der Waals surface area (Å²) in [6.07, 6.45) is 71.5. The molecule has 0 saturated carbocycles. The van der Waals surface area contributed by atoms with Crippen LogP contribution in [0.3, 0.4) is 0 Å². The lowest BCUT2D eigenvalue weighted by Crippen LogP contribution is -2.65. The Bertz CT molecular complexity index is 2100. The Morgan fingerprint density at radius 1 is 0.416 bits per heavy atom. The highest BCUT2D eigenvalue weighted by Gasteiger charge is 2.51. The maximum absolute atomic E-state index is 13.3. The van der Waals surface area contributed by atoms with Crippen LogP contribution in [0.25, 0.3) is 0 Å². The van der Waals surface area contributed by atoms with Crippen LogP contribution in [0.4, 0.5) is 0 Å². The normalized spacial score (nSPS) is 24.1. The molecular weight excluding hydrogens is 1120 g/mol. The number of hydrogen-bond acceptors (Lipinski definition) is 13. The summed E-state index contributed by atoms with van der Waals surface area (Å²) in [5, 5.41) is 87.3. The second kappa shape index (κ2) is 57.5. The van der Waals surface area contributed by atoms with Gasteiger partial charge in [-0.3, -0.25) is 4.79 Å². The first-order chi connectivity index (χ1) is 43.6. The van der Waals surface area contributed by atoms with Gasteiger partial charge in [-0.2, -0.15) is 0 Å². The van der Waals surface area contributed by atoms with Gasteiger partial charge in [-0.25, -0.2) is 0 Å². The lowest BCUT2D eigenvalue weighted by atomic mass is 9.97. The number of amides is 1. The highest BCUT2D eigenvalue weighted by molar-refractivity contribution is 5.76. The number of aliphatic hydroxyl groups excluding tert-OH is 8. The molecule has 2 rings (SSSR count). The molecule has 0 aliphatic carbocycles. The molecule has 2 aliphatic heterocycles. The van der Waals surface area contributed by atoms with E-state index in [1.54, 1.807) is 6.08 Å². The summed E-state index contributed by atoms with van der Waals surface area (Å²) in [5.41, 5.74) is 0. The fraction of sp³-hybridized carbons (Fsp3) is 0.640. The van der Waals surface area contributed by atoms with Crippen molar-refractivity contribution in [1.29, 1.82) is 0 Å². The van der Waals surface area contributed by atoms with Gasteiger partial charge < -0.3 is 65.1 Å². The molecule has 2 heterocycles. The first kappa shape index (κ1) is 80.7. The first-order valence-electron chi connectivity index (χ1n) is 34.2. The number of ether oxygens (including phenoxy) is 4. The fourth-order valence-electron chi connectivity index (χ4n) is 10.00. The highest BCUT2D eigenvalue weighted by Crippen LogP contribution is 2.30. The number of hydrogen-bond donors (Lipinski definition) is 9. The Labute approximate surface area is 537 Å². The van der Waals surface area contributed by atoms with E-state index in [1.807, 2.05) is 6.08 Å². The number of nitrogens with one attached hydrogen (secondary N) is 1. The highest BCUT2D eigenvalue weighted by atomic mass is 16.7. The van der Waals surface area contributed by atoms with Crippen LogP contribution in [0.2, 0.25) is 0 Å². The summed E-state index contributed by atoms with van der Waals surface area (Å²) in [6, 6.07) is -0.975. The van der Waals surface area contributed by atoms with Crippen molar-refractivity contribution in [2.45, 2.75) is 286 Å². The van der Waals surface area contributed by atoms with E-state index in [1.165, 1.54) is 77.0 Å². The zero-order chi connectivity index (χ0) is 64.5. The third-order valence-electron chi connectivity index (χ3n) is 15.4. The van der Waals surface area contributed by atoms with Crippen LogP contribution in [0.1, 0.15) is 213 Å². The van der Waals surface area contributed by atoms with Gasteiger partial charge in [0.2, 0.25) is 5.91 Å². The van der Waals surface area contributed by atoms with Crippen molar-refractivity contribution in [1.82, 2.24) is 5.32 Å². The molecule has 0 spiro atoms. The second-order valence-corrected chi connectivity index (χ2v) is 23.2. The van der Waals surface area contributed by atoms with E-state index < -0.39 is 86.8 Å². The molecule has 0 aromatic carbocycles. The monoisotopic (exact) mass is 1240 g/mol. The van der Waals surface area contributed by atoms with E-state index >= 15 is 0 Å². The zero-order valence-electron chi connectivity index (χ0n) is 54.6. The molecule has 14 heteroatoms. The average molecular weight is 1240 g/mol. The molecule has 0 bridgehead atoms. The maximum Gasteiger partial charge on any atom is 0.220 e. The van der Waals surface area contributed by atoms with Gasteiger partial charge in [0.05, 0.1) is 32.0 Å². The van der Waals surface area contributed by atoms with Gasteiger partial charge in [0.1, 0.15) is 48.8 Å². The van der Waals surface area contributed by atoms with Gasteiger partial charge >= 0.3 is 0 Å². The van der Waals surface area contributed by atoms with Gasteiger partial charge in [-0.05, 0) is 122 Å². The lowest BCUT2D eigenvalue weighted by molar-refractivity contribution is -0.359. The van der Waals surface area contributed by atoms with Gasteiger partial charge in [-0.15, -0.1) is 0 Å². The van der Waals surface area contributed by atoms with Crippen molar-refractivity contribution in [3.63, 3.8) is 0 Å². The van der Waals surface area contributed by atoms with Crippen LogP contribution >= 0.6 is 0 Å². The van der Waals surface area contributed by atoms with E-state index in [9.17, 15) is 45.6 Å². The second-order valence-electron chi connectivity index (χ2n) is 23.2. The van der Waals surface area contributed by atoms with Crippen LogP contribution in [0.15, 0.2) is 158 Å². The molecule has 0 radical (unpaired) electrons. The topological polar surface area (TPSA) is 228 Å². The predicted octanol–water partition coefficient (Wildman–Crippen LogP) is 13.8. The Hall–Kier alpha value is -4.39. The van der Waals surface area contributed by atoms with Gasteiger partial charge in [0, 0.05) is 6.42 Å². The quantitative estimate of drug-likeness (QED) is 0.0204. The summed E-state index contributed by atoms with van der Waals surface area (Å²) in [5.74, 6) is -0.302. The Morgan fingerprint density at radius 2 is 0.787 bits per heavy atom. The van der Waals surface area contributed by atoms with Crippen LogP contribution in [-0.2, 0) is 23.7 Å². The number of carbonyl (C=O) groups excluding carboxylic acids is 1. The van der Waals surface area contributed by atoms with Crippen LogP contribution < -0.4 is 5.32 Å². The zero-order valence-corrected chi connectivity index (χ0v) is 54.6. The SMILES string of the molecule is CC/C=C\C/C=C\C/C=C\C/C=C\C/C=C\C/C=C\C/C=C\C/C=C\C/C=C\C/C=C\CCCCC(=O)NC(COC1OC(CO)C(OC2OC(CO)C(O)C(O)C2O)C(O)C1O)C(O)/C=C/CC/C=C/CC/C=C/CCCCCCCCCCCCCC. The van der Waals surface area contributed by atoms with Crippen molar-refractivity contribution in [3.8, 4) is 0 Å². The first-order valence-corrected chi connectivity index (χ1v) is 34.2. The summed E-state index contributed by atoms with van der Waals surface area (Å²) in [4.78, 5) is 13.3. The minimum atomic E-state index is -1.81. The standard InChI is InChI=1S/C75H121NO13/c1-3-5-7-9-11-13-15-17-19-21-23-25-27-28-29-30-31-32-33-34-35-36-37-39-41-43-45-47-49-51-53-55-57-59-67(80)76-63(62-86-74-72(85)70(83)73(66(61-78)88-74)89-75-71(84)69(82)68(81)65(60-77)87-75)64(79)58-56-54-52-50-48-46-44-42-40-38-26-24-22-20-18-16-14-12-10-8-6-4-2/h5,7,11,13,17,19,23,25,28-29,31-32,34-35,37,39-40,42-43,45,48-51,56,58,63-66,68-75,77-79,81-85H,3-4,6,8-10,12,14-16,18,20-22,24,26-27,30,33,36,38,41,44,46-47,52-55,57,59-62H2,1-2H3,(H,76,80)/b7-5-,13-11-,19-17-,25-23-,29-28-,32-31-,35-34-,39-37-,42-40+,45-43-,50-48+,51-49-,58-56+.